The second-order valence-electron chi connectivity index (χ2n) is 24.2. The molecule has 0 spiro atoms. The van der Waals surface area contributed by atoms with E-state index < -0.39 is 88.7 Å². The Hall–Kier alpha value is -5.91. The minimum Gasteiger partial charge on any atom is -0.445 e. The molecule has 1 saturated heterocycles. The van der Waals surface area contributed by atoms with E-state index in [1.54, 1.807) is 94.8 Å². The summed E-state index contributed by atoms with van der Waals surface area (Å²) in [6, 6.07) is 10.5. The van der Waals surface area contributed by atoms with Crippen molar-refractivity contribution in [3.05, 3.63) is 65.7 Å². The first-order valence-corrected chi connectivity index (χ1v) is 32.1. The van der Waals surface area contributed by atoms with Gasteiger partial charge in [0.2, 0.25) is 47.3 Å². The fourth-order valence-corrected chi connectivity index (χ4v) is 13.0. The van der Waals surface area contributed by atoms with E-state index in [1.807, 2.05) is 59.7 Å². The lowest BCUT2D eigenvalue weighted by Gasteiger charge is -2.38. The van der Waals surface area contributed by atoms with Gasteiger partial charge in [0.15, 0.2) is 0 Å². The zero-order chi connectivity index (χ0) is 64.0. The molecule has 8 N–H and O–H groups in total. The van der Waals surface area contributed by atoms with Crippen LogP contribution in [0.5, 0.6) is 0 Å². The molecule has 23 heteroatoms. The van der Waals surface area contributed by atoms with Crippen LogP contribution in [-0.2, 0) is 54.4 Å². The summed E-state index contributed by atoms with van der Waals surface area (Å²) >= 11 is 0. The largest absolute Gasteiger partial charge is 0.445 e. The molecule has 0 aliphatic carbocycles. The van der Waals surface area contributed by atoms with Gasteiger partial charge in [-0.25, -0.2) is 4.79 Å². The van der Waals surface area contributed by atoms with Gasteiger partial charge < -0.3 is 56.7 Å². The SMILES string of the molecule is CC[C@H](C)[C@@H](CCC(=O)N1CCC[C@H]1[C@H](OC)[C@@H](C)C(=O)N[C@H](C)[C@@H](O)c1ccccc1)N(C)C(=O)[C@@H](NC(=O)[C@H](C(C)C)N(C)C(=O)OCc1ccc(NC(=O)[C@H](C)NC(=O)[C@@H](NC(=O)CCSSC(C)(C)CC(N)=O)C(C)C)cc1)C(C)C. The Morgan fingerprint density at radius 1 is 0.765 bits per heavy atom. The number of nitrogens with one attached hydrogen (secondary N) is 5. The van der Waals surface area contributed by atoms with E-state index in [4.69, 9.17) is 15.2 Å². The number of nitrogens with zero attached hydrogens (tertiary/aromatic N) is 3. The normalized spacial score (nSPS) is 17.0. The van der Waals surface area contributed by atoms with E-state index in [0.717, 1.165) is 6.42 Å². The van der Waals surface area contributed by atoms with E-state index in [1.165, 1.54) is 47.6 Å². The Kier molecular flexibility index (Phi) is 30.2. The molecule has 0 radical (unpaired) electrons. The van der Waals surface area contributed by atoms with Crippen LogP contribution in [0.1, 0.15) is 152 Å². The number of nitrogens with two attached hydrogens (primary N) is 1. The maximum absolute atomic E-state index is 14.5. The second kappa shape index (κ2) is 35.0. The number of hydrogen-bond donors (Lipinski definition) is 7. The van der Waals surface area contributed by atoms with Gasteiger partial charge in [-0.05, 0) is 93.9 Å². The van der Waals surface area contributed by atoms with Crippen LogP contribution >= 0.6 is 21.6 Å². The molecule has 1 fully saturated rings. The highest BCUT2D eigenvalue weighted by atomic mass is 33.1. The summed E-state index contributed by atoms with van der Waals surface area (Å²) in [5, 5.41) is 25.0. The number of rotatable bonds is 34. The lowest BCUT2D eigenvalue weighted by molar-refractivity contribution is -0.142. The Morgan fingerprint density at radius 2 is 1.39 bits per heavy atom. The quantitative estimate of drug-likeness (QED) is 0.0275. The standard InChI is InChI=1S/C62H99N9O12S2/c1-17-39(8)46(29-30-50(74)71-32-21-24-47(71)55(82-16)40(9)56(76)64-41(10)54(75)44-22-19-18-20-23-44)69(14)60(80)52(37(4)5)68-59(79)53(38(6)7)70(15)61(81)83-35-43-25-27-45(28-26-43)66-57(77)42(11)65-58(78)51(36(2)3)67-49(73)31-33-84-85-62(12,13)34-48(63)72/h18-20,22-23,25-28,36-42,46-47,51-55,75H,17,21,24,29-35H2,1-16H3,(H2,63,72)(H,64,76)(H,65,78)(H,66,77)(H,67,73)(H,68,79)/t39-,40+,41+,42-,46+,47-,51-,52-,53-,54+,55+/m0/s1. The molecule has 21 nitrogen and oxygen atoms in total. The number of likely N-dealkylation sites (N-methyl/N-ethyl adjacent to an activating group) is 2. The third-order valence-electron chi connectivity index (χ3n) is 15.7. The first-order valence-electron chi connectivity index (χ1n) is 29.8. The number of primary amides is 1. The van der Waals surface area contributed by atoms with Crippen molar-refractivity contribution in [3.63, 3.8) is 0 Å². The van der Waals surface area contributed by atoms with Gasteiger partial charge in [-0.15, -0.1) is 0 Å². The van der Waals surface area contributed by atoms with Gasteiger partial charge in [-0.1, -0.05) is 133 Å². The number of likely N-dealkylation sites (tertiary alicyclic amines) is 1. The molecule has 85 heavy (non-hydrogen) atoms. The number of ether oxygens (including phenoxy) is 2. The number of aliphatic hydroxyl groups excluding tert-OH is 1. The monoisotopic (exact) mass is 1230 g/mol. The van der Waals surface area contributed by atoms with Crippen LogP contribution in [0.25, 0.3) is 0 Å². The third kappa shape index (κ3) is 22.7. The van der Waals surface area contributed by atoms with Crippen LogP contribution in [-0.4, -0.2) is 160 Å². The Balaban J connectivity index is 1.58. The van der Waals surface area contributed by atoms with E-state index in [0.29, 0.717) is 48.4 Å². The van der Waals surface area contributed by atoms with Crippen LogP contribution in [0, 0.1) is 29.6 Å². The van der Waals surface area contributed by atoms with Crippen LogP contribution in [0.4, 0.5) is 10.5 Å². The van der Waals surface area contributed by atoms with Gasteiger partial charge in [-0.2, -0.15) is 0 Å². The lowest BCUT2D eigenvalue weighted by atomic mass is 9.91. The summed E-state index contributed by atoms with van der Waals surface area (Å²) in [6.45, 7) is 24.0. The summed E-state index contributed by atoms with van der Waals surface area (Å²) < 4.78 is 11.2. The summed E-state index contributed by atoms with van der Waals surface area (Å²) in [5.41, 5.74) is 7.01. The molecule has 0 bridgehead atoms. The van der Waals surface area contributed by atoms with Gasteiger partial charge in [0, 0.05) is 69.2 Å². The number of carbonyl (C=O) groups excluding carboxylic acids is 9. The van der Waals surface area contributed by atoms with Gasteiger partial charge in [0.25, 0.3) is 0 Å². The van der Waals surface area contributed by atoms with Crippen molar-refractivity contribution in [2.24, 2.45) is 35.3 Å². The molecule has 1 heterocycles. The van der Waals surface area contributed by atoms with Crippen LogP contribution < -0.4 is 32.3 Å². The second-order valence-corrected chi connectivity index (χ2v) is 27.4. The van der Waals surface area contributed by atoms with Crippen LogP contribution in [0.3, 0.4) is 0 Å². The molecule has 1 aliphatic rings. The smallest absolute Gasteiger partial charge is 0.410 e. The molecule has 0 unspecified atom stereocenters. The minimum absolute atomic E-state index is 0.0142. The fourth-order valence-electron chi connectivity index (χ4n) is 10.5. The van der Waals surface area contributed by atoms with E-state index in [9.17, 15) is 48.3 Å². The van der Waals surface area contributed by atoms with Crippen molar-refractivity contribution in [2.45, 2.75) is 201 Å². The fraction of sp³-hybridized carbons (Fsp3) is 0.661. The Labute approximate surface area is 512 Å². The number of methoxy groups -OCH3 is 1. The number of benzene rings is 2. The van der Waals surface area contributed by atoms with E-state index in [-0.39, 0.29) is 79.3 Å². The zero-order valence-electron chi connectivity index (χ0n) is 53.0. The molecule has 476 valence electrons. The van der Waals surface area contributed by atoms with Gasteiger partial charge in [0.1, 0.15) is 30.8 Å². The van der Waals surface area contributed by atoms with Crippen molar-refractivity contribution in [2.75, 3.05) is 38.8 Å². The third-order valence-corrected chi connectivity index (χ3v) is 19.0. The maximum atomic E-state index is 14.5. The Morgan fingerprint density at radius 3 is 1.95 bits per heavy atom. The first kappa shape index (κ1) is 73.3. The van der Waals surface area contributed by atoms with Gasteiger partial charge >= 0.3 is 6.09 Å². The van der Waals surface area contributed by atoms with Crippen LogP contribution in [0.2, 0.25) is 0 Å². The number of carbonyl (C=O) groups is 9. The van der Waals surface area contributed by atoms with Crippen LogP contribution in [0.15, 0.2) is 54.6 Å². The van der Waals surface area contributed by atoms with Crippen molar-refractivity contribution in [1.29, 1.82) is 0 Å². The topological polar surface area (TPSA) is 288 Å². The molecule has 0 saturated carbocycles. The summed E-state index contributed by atoms with van der Waals surface area (Å²) in [4.78, 5) is 125. The summed E-state index contributed by atoms with van der Waals surface area (Å²) in [7, 11) is 7.60. The molecule has 0 aromatic heterocycles. The minimum atomic E-state index is -1.02. The molecule has 1 aliphatic heterocycles. The lowest BCUT2D eigenvalue weighted by Crippen LogP contribution is -2.58. The highest BCUT2D eigenvalue weighted by molar-refractivity contribution is 8.77. The van der Waals surface area contributed by atoms with Gasteiger partial charge in [-0.3, -0.25) is 43.3 Å². The molecule has 11 atom stereocenters. The molecular weight excluding hydrogens is 1130 g/mol. The molecule has 2 aromatic rings. The number of aliphatic hydroxyl groups is 1. The summed E-state index contributed by atoms with van der Waals surface area (Å²) in [5.74, 6) is -4.24. The maximum Gasteiger partial charge on any atom is 0.410 e. The van der Waals surface area contributed by atoms with Crippen molar-refractivity contribution in [1.82, 2.24) is 36.0 Å². The average Bonchev–Trinajstić information content (AvgIpc) is 3.85. The summed E-state index contributed by atoms with van der Waals surface area (Å²) in [6.07, 6.45) is 0.633. The predicted molar refractivity (Wildman–Crippen MR) is 334 cm³/mol. The molecular formula is C62H99N9O12S2. The number of amides is 9. The number of hydrogen-bond acceptors (Lipinski definition) is 14. The molecule has 9 amide bonds. The van der Waals surface area contributed by atoms with Crippen molar-refractivity contribution < 1.29 is 57.7 Å². The van der Waals surface area contributed by atoms with Crippen molar-refractivity contribution >= 4 is 80.6 Å². The highest BCUT2D eigenvalue weighted by Crippen LogP contribution is 2.38. The van der Waals surface area contributed by atoms with E-state index >= 15 is 0 Å². The van der Waals surface area contributed by atoms with Crippen molar-refractivity contribution in [3.8, 4) is 0 Å². The number of anilines is 1. The van der Waals surface area contributed by atoms with Gasteiger partial charge in [0.05, 0.1) is 30.2 Å². The first-order chi connectivity index (χ1) is 39.8. The Bertz CT molecular complexity index is 2520. The zero-order valence-corrected chi connectivity index (χ0v) is 54.7. The highest BCUT2D eigenvalue weighted by Gasteiger charge is 2.42. The molecule has 3 rings (SSSR count). The predicted octanol–water partition coefficient (Wildman–Crippen LogP) is 6.96. The average molecular weight is 1230 g/mol. The molecule has 2 aromatic carbocycles. The van der Waals surface area contributed by atoms with E-state index in [2.05, 4.69) is 26.6 Å².